The SMILES string of the molecule is Cl.NC1CCC(C2CC(=O)Nc3cc4[nH]ncc4cc32)CC1. The van der Waals surface area contributed by atoms with Gasteiger partial charge in [0, 0.05) is 23.5 Å². The van der Waals surface area contributed by atoms with Crippen LogP contribution in [0.15, 0.2) is 18.3 Å². The van der Waals surface area contributed by atoms with E-state index < -0.39 is 0 Å². The Bertz CT molecular complexity index is 691. The van der Waals surface area contributed by atoms with Crippen LogP contribution in [0, 0.1) is 5.92 Å². The lowest BCUT2D eigenvalue weighted by Crippen LogP contribution is -2.32. The Kier molecular flexibility index (Phi) is 4.10. The van der Waals surface area contributed by atoms with Crippen molar-refractivity contribution in [1.82, 2.24) is 10.2 Å². The summed E-state index contributed by atoms with van der Waals surface area (Å²) in [6.45, 7) is 0. The highest BCUT2D eigenvalue weighted by Crippen LogP contribution is 2.44. The molecule has 0 spiro atoms. The second-order valence-corrected chi connectivity index (χ2v) is 6.43. The quantitative estimate of drug-likeness (QED) is 0.755. The van der Waals surface area contributed by atoms with Gasteiger partial charge in [0.1, 0.15) is 0 Å². The number of carbonyl (C=O) groups excluding carboxylic acids is 1. The Morgan fingerprint density at radius 1 is 1.18 bits per heavy atom. The van der Waals surface area contributed by atoms with Gasteiger partial charge in [-0.3, -0.25) is 9.89 Å². The summed E-state index contributed by atoms with van der Waals surface area (Å²) < 4.78 is 0. The number of hydrogen-bond acceptors (Lipinski definition) is 3. The highest BCUT2D eigenvalue weighted by molar-refractivity contribution is 5.98. The van der Waals surface area contributed by atoms with Gasteiger partial charge in [-0.25, -0.2) is 0 Å². The number of halogens is 1. The zero-order valence-electron chi connectivity index (χ0n) is 12.3. The second-order valence-electron chi connectivity index (χ2n) is 6.43. The molecule has 1 aromatic carbocycles. The number of nitrogens with zero attached hydrogens (tertiary/aromatic N) is 1. The van der Waals surface area contributed by atoms with E-state index in [-0.39, 0.29) is 18.3 Å². The number of nitrogens with one attached hydrogen (secondary N) is 2. The monoisotopic (exact) mass is 320 g/mol. The van der Waals surface area contributed by atoms with Crippen LogP contribution in [0.5, 0.6) is 0 Å². The van der Waals surface area contributed by atoms with Crippen molar-refractivity contribution in [2.75, 3.05) is 5.32 Å². The molecule has 118 valence electrons. The standard InChI is InChI=1S/C16H20N4O.ClH/c17-11-3-1-9(2-4-11)12-6-16(21)19-15-7-14-10(5-13(12)15)8-18-20-14;/h5,7-9,11-12H,1-4,6,17H2,(H,18,20)(H,19,21);1H. The van der Waals surface area contributed by atoms with Crippen molar-refractivity contribution < 1.29 is 4.79 Å². The summed E-state index contributed by atoms with van der Waals surface area (Å²) in [5.41, 5.74) is 9.20. The van der Waals surface area contributed by atoms with E-state index in [1.54, 1.807) is 0 Å². The summed E-state index contributed by atoms with van der Waals surface area (Å²) in [6, 6.07) is 4.54. The van der Waals surface area contributed by atoms with Crippen LogP contribution in [0.2, 0.25) is 0 Å². The number of H-pyrrole nitrogens is 1. The molecule has 0 radical (unpaired) electrons. The zero-order valence-corrected chi connectivity index (χ0v) is 13.2. The first kappa shape index (κ1) is 15.3. The van der Waals surface area contributed by atoms with Crippen LogP contribution in [-0.4, -0.2) is 22.1 Å². The number of rotatable bonds is 1. The lowest BCUT2D eigenvalue weighted by Gasteiger charge is -2.36. The fourth-order valence-corrected chi connectivity index (χ4v) is 3.90. The number of hydrogen-bond donors (Lipinski definition) is 3. The molecule has 22 heavy (non-hydrogen) atoms. The molecule has 1 atom stereocenters. The second kappa shape index (κ2) is 5.89. The number of aromatic amines is 1. The molecular formula is C16H21ClN4O. The van der Waals surface area contributed by atoms with E-state index in [0.29, 0.717) is 24.3 Å². The average molecular weight is 321 g/mol. The van der Waals surface area contributed by atoms with E-state index in [4.69, 9.17) is 5.73 Å². The molecule has 6 heteroatoms. The molecule has 5 nitrogen and oxygen atoms in total. The minimum absolute atomic E-state index is 0. The summed E-state index contributed by atoms with van der Waals surface area (Å²) in [5, 5.41) is 11.2. The molecule has 0 saturated heterocycles. The first-order valence-electron chi connectivity index (χ1n) is 7.73. The summed E-state index contributed by atoms with van der Waals surface area (Å²) in [5.74, 6) is 1.01. The van der Waals surface area contributed by atoms with Gasteiger partial charge >= 0.3 is 0 Å². The molecule has 1 aromatic heterocycles. The Labute approximate surface area is 135 Å². The molecule has 2 aromatic rings. The van der Waals surface area contributed by atoms with Gasteiger partial charge in [0.25, 0.3) is 0 Å². The normalized spacial score (nSPS) is 27.9. The molecule has 1 fully saturated rings. The molecule has 1 unspecified atom stereocenters. The molecule has 0 bridgehead atoms. The van der Waals surface area contributed by atoms with Crippen LogP contribution in [0.1, 0.15) is 43.6 Å². The lowest BCUT2D eigenvalue weighted by atomic mass is 9.72. The van der Waals surface area contributed by atoms with Crippen molar-refractivity contribution in [3.05, 3.63) is 23.9 Å². The number of amides is 1. The van der Waals surface area contributed by atoms with Gasteiger partial charge in [0.15, 0.2) is 0 Å². The minimum Gasteiger partial charge on any atom is -0.328 e. The maximum Gasteiger partial charge on any atom is 0.225 e. The van der Waals surface area contributed by atoms with Crippen molar-refractivity contribution in [2.45, 2.75) is 44.1 Å². The maximum absolute atomic E-state index is 12.1. The van der Waals surface area contributed by atoms with E-state index in [1.807, 2.05) is 12.3 Å². The number of fused-ring (bicyclic) bond motifs is 2. The lowest BCUT2D eigenvalue weighted by molar-refractivity contribution is -0.117. The molecule has 1 aliphatic carbocycles. The molecular weight excluding hydrogens is 300 g/mol. The minimum atomic E-state index is 0. The third-order valence-corrected chi connectivity index (χ3v) is 5.07. The largest absolute Gasteiger partial charge is 0.328 e. The summed E-state index contributed by atoms with van der Waals surface area (Å²) in [6.07, 6.45) is 6.85. The van der Waals surface area contributed by atoms with Crippen molar-refractivity contribution in [1.29, 1.82) is 0 Å². The van der Waals surface area contributed by atoms with Crippen LogP contribution in [-0.2, 0) is 4.79 Å². The predicted molar refractivity (Wildman–Crippen MR) is 89.3 cm³/mol. The topological polar surface area (TPSA) is 83.8 Å². The molecule has 2 aliphatic rings. The molecule has 1 aliphatic heterocycles. The number of nitrogens with two attached hydrogens (primary N) is 1. The first-order chi connectivity index (χ1) is 10.2. The van der Waals surface area contributed by atoms with Crippen LogP contribution < -0.4 is 11.1 Å². The van der Waals surface area contributed by atoms with Crippen LogP contribution in [0.4, 0.5) is 5.69 Å². The van der Waals surface area contributed by atoms with Gasteiger partial charge in [0.2, 0.25) is 5.91 Å². The van der Waals surface area contributed by atoms with E-state index in [9.17, 15) is 4.79 Å². The Balaban J connectivity index is 0.00000144. The van der Waals surface area contributed by atoms with Gasteiger partial charge in [0.05, 0.1) is 11.7 Å². The third kappa shape index (κ3) is 2.59. The summed E-state index contributed by atoms with van der Waals surface area (Å²) in [4.78, 5) is 12.1. The van der Waals surface area contributed by atoms with Crippen molar-refractivity contribution in [2.24, 2.45) is 11.7 Å². The number of anilines is 1. The van der Waals surface area contributed by atoms with Crippen molar-refractivity contribution >= 4 is 34.9 Å². The smallest absolute Gasteiger partial charge is 0.225 e. The number of carbonyl (C=O) groups is 1. The van der Waals surface area contributed by atoms with Crippen molar-refractivity contribution in [3.8, 4) is 0 Å². The van der Waals surface area contributed by atoms with Gasteiger partial charge in [-0.05, 0) is 55.2 Å². The van der Waals surface area contributed by atoms with Crippen LogP contribution >= 0.6 is 12.4 Å². The summed E-state index contributed by atoms with van der Waals surface area (Å²) in [7, 11) is 0. The van der Waals surface area contributed by atoms with Gasteiger partial charge in [-0.15, -0.1) is 12.4 Å². The highest BCUT2D eigenvalue weighted by Gasteiger charge is 2.33. The molecule has 2 heterocycles. The third-order valence-electron chi connectivity index (χ3n) is 5.07. The highest BCUT2D eigenvalue weighted by atomic mass is 35.5. The first-order valence-corrected chi connectivity index (χ1v) is 7.73. The van der Waals surface area contributed by atoms with Gasteiger partial charge in [-0.2, -0.15) is 5.10 Å². The molecule has 4 rings (SSSR count). The van der Waals surface area contributed by atoms with Crippen LogP contribution in [0.3, 0.4) is 0 Å². The number of benzene rings is 1. The Morgan fingerprint density at radius 3 is 2.73 bits per heavy atom. The van der Waals surface area contributed by atoms with E-state index >= 15 is 0 Å². The molecule has 1 saturated carbocycles. The van der Waals surface area contributed by atoms with Gasteiger partial charge < -0.3 is 11.1 Å². The van der Waals surface area contributed by atoms with E-state index in [0.717, 1.165) is 42.3 Å². The molecule has 1 amide bonds. The fourth-order valence-electron chi connectivity index (χ4n) is 3.90. The van der Waals surface area contributed by atoms with E-state index in [1.165, 1.54) is 5.56 Å². The Morgan fingerprint density at radius 2 is 1.95 bits per heavy atom. The van der Waals surface area contributed by atoms with E-state index in [2.05, 4.69) is 21.6 Å². The predicted octanol–water partition coefficient (Wildman–Crippen LogP) is 2.93. The molecule has 4 N–H and O–H groups in total. The van der Waals surface area contributed by atoms with Gasteiger partial charge in [-0.1, -0.05) is 0 Å². The average Bonchev–Trinajstić information content (AvgIpc) is 2.92. The van der Waals surface area contributed by atoms with Crippen LogP contribution in [0.25, 0.3) is 10.9 Å². The van der Waals surface area contributed by atoms with Crippen molar-refractivity contribution in [3.63, 3.8) is 0 Å². The maximum atomic E-state index is 12.1. The fraction of sp³-hybridized carbons (Fsp3) is 0.500. The number of aromatic nitrogens is 2. The summed E-state index contributed by atoms with van der Waals surface area (Å²) >= 11 is 0. The zero-order chi connectivity index (χ0) is 14.4. The Hall–Kier alpha value is -1.59.